The van der Waals surface area contributed by atoms with Crippen LogP contribution >= 0.6 is 11.8 Å². The van der Waals surface area contributed by atoms with Gasteiger partial charge >= 0.3 is 0 Å². The molecule has 4 aromatic rings. The average Bonchev–Trinajstić information content (AvgIpc) is 3.09. The van der Waals surface area contributed by atoms with Gasteiger partial charge in [-0.25, -0.2) is 0 Å². The van der Waals surface area contributed by atoms with Crippen LogP contribution in [0.25, 0.3) is 10.9 Å². The quantitative estimate of drug-likeness (QED) is 0.399. The van der Waals surface area contributed by atoms with Crippen molar-refractivity contribution in [3.8, 4) is 0 Å². The standard InChI is InChI=1S/C26H22N2OS/c1-27-19-14-8-6-12-17(19)21-22-18-13-7-9-15-20(18)28(2)26(22)30-24(23(21)25(27)29)16-10-4-3-5-11-16/h3-15,21,23-24H,1-2H3/t21-,23-,24+/m1/s1. The number of para-hydroxylation sites is 2. The summed E-state index contributed by atoms with van der Waals surface area (Å²) in [6.45, 7) is 0. The Balaban J connectivity index is 1.70. The Morgan fingerprint density at radius 3 is 2.37 bits per heavy atom. The van der Waals surface area contributed by atoms with Crippen LogP contribution in [0, 0.1) is 5.92 Å². The van der Waals surface area contributed by atoms with Gasteiger partial charge in [-0.1, -0.05) is 78.5 Å². The summed E-state index contributed by atoms with van der Waals surface area (Å²) < 4.78 is 2.31. The number of fused-ring (bicyclic) bond motifs is 7. The molecule has 0 N–H and O–H groups in total. The number of nitrogens with zero attached hydrogens (tertiary/aromatic N) is 2. The summed E-state index contributed by atoms with van der Waals surface area (Å²) in [5.41, 5.74) is 6.04. The zero-order chi connectivity index (χ0) is 20.4. The number of rotatable bonds is 1. The number of anilines is 1. The molecule has 6 rings (SSSR count). The van der Waals surface area contributed by atoms with E-state index in [0.717, 1.165) is 5.69 Å². The van der Waals surface area contributed by atoms with Gasteiger partial charge in [-0.3, -0.25) is 4.79 Å². The van der Waals surface area contributed by atoms with Gasteiger partial charge in [-0.2, -0.15) is 0 Å². The summed E-state index contributed by atoms with van der Waals surface area (Å²) in [7, 11) is 4.07. The predicted molar refractivity (Wildman–Crippen MR) is 123 cm³/mol. The zero-order valence-electron chi connectivity index (χ0n) is 16.9. The van der Waals surface area contributed by atoms with Crippen molar-refractivity contribution >= 4 is 34.3 Å². The normalized spacial score (nSPS) is 22.5. The molecule has 0 bridgehead atoms. The van der Waals surface area contributed by atoms with Gasteiger partial charge in [0.25, 0.3) is 0 Å². The molecular weight excluding hydrogens is 388 g/mol. The highest BCUT2D eigenvalue weighted by Crippen LogP contribution is 2.60. The van der Waals surface area contributed by atoms with E-state index >= 15 is 0 Å². The topological polar surface area (TPSA) is 25.2 Å². The van der Waals surface area contributed by atoms with Crippen molar-refractivity contribution in [2.75, 3.05) is 11.9 Å². The highest BCUT2D eigenvalue weighted by atomic mass is 32.2. The number of aromatic nitrogens is 1. The van der Waals surface area contributed by atoms with Crippen LogP contribution in [0.4, 0.5) is 5.69 Å². The lowest BCUT2D eigenvalue weighted by Gasteiger charge is -2.44. The maximum Gasteiger partial charge on any atom is 0.232 e. The molecule has 1 amide bonds. The highest BCUT2D eigenvalue weighted by molar-refractivity contribution is 7.99. The molecular formula is C26H22N2OS. The highest BCUT2D eigenvalue weighted by Gasteiger charge is 2.50. The second kappa shape index (κ2) is 6.51. The first kappa shape index (κ1) is 17.8. The van der Waals surface area contributed by atoms with Crippen molar-refractivity contribution in [1.29, 1.82) is 0 Å². The molecule has 30 heavy (non-hydrogen) atoms. The van der Waals surface area contributed by atoms with E-state index in [9.17, 15) is 4.79 Å². The summed E-state index contributed by atoms with van der Waals surface area (Å²) in [5.74, 6) is 0.131. The third kappa shape index (κ3) is 2.31. The minimum Gasteiger partial charge on any atom is -0.339 e. The Morgan fingerprint density at radius 1 is 0.833 bits per heavy atom. The third-order valence-corrected chi connectivity index (χ3v) is 8.24. The summed E-state index contributed by atoms with van der Waals surface area (Å²) >= 11 is 1.84. The van der Waals surface area contributed by atoms with Gasteiger partial charge in [0.2, 0.25) is 5.91 Å². The van der Waals surface area contributed by atoms with E-state index in [0.29, 0.717) is 0 Å². The molecule has 3 heterocycles. The van der Waals surface area contributed by atoms with Crippen LogP contribution in [0.15, 0.2) is 83.9 Å². The Morgan fingerprint density at radius 2 is 1.53 bits per heavy atom. The summed E-state index contributed by atoms with van der Waals surface area (Å²) in [4.78, 5) is 15.6. The Bertz CT molecular complexity index is 1290. The van der Waals surface area contributed by atoms with E-state index in [1.54, 1.807) is 0 Å². The van der Waals surface area contributed by atoms with Crippen LogP contribution in [0.1, 0.15) is 27.9 Å². The molecule has 2 aliphatic rings. The number of carbonyl (C=O) groups excluding carboxylic acids is 1. The third-order valence-electron chi connectivity index (χ3n) is 6.70. The number of thioether (sulfide) groups is 1. The van der Waals surface area contributed by atoms with Crippen molar-refractivity contribution in [1.82, 2.24) is 4.57 Å². The number of carbonyl (C=O) groups is 1. The summed E-state index contributed by atoms with van der Waals surface area (Å²) in [6.07, 6.45) is 0. The predicted octanol–water partition coefficient (Wildman–Crippen LogP) is 5.75. The number of aryl methyl sites for hydroxylation is 1. The zero-order valence-corrected chi connectivity index (χ0v) is 17.8. The lowest BCUT2D eigenvalue weighted by molar-refractivity contribution is -0.123. The minimum atomic E-state index is -0.129. The first-order chi connectivity index (χ1) is 14.7. The largest absolute Gasteiger partial charge is 0.339 e. The Labute approximate surface area is 180 Å². The number of hydrogen-bond acceptors (Lipinski definition) is 2. The van der Waals surface area contributed by atoms with Crippen molar-refractivity contribution in [2.24, 2.45) is 13.0 Å². The second-order valence-electron chi connectivity index (χ2n) is 8.20. The molecule has 0 fully saturated rings. The van der Waals surface area contributed by atoms with Gasteiger partial charge in [0.1, 0.15) is 0 Å². The number of amides is 1. The average molecular weight is 411 g/mol. The molecule has 0 aliphatic carbocycles. The fourth-order valence-corrected chi connectivity index (χ4v) is 6.90. The van der Waals surface area contributed by atoms with E-state index in [1.807, 2.05) is 35.8 Å². The molecule has 4 heteroatoms. The van der Waals surface area contributed by atoms with Crippen molar-refractivity contribution in [2.45, 2.75) is 16.2 Å². The molecule has 0 saturated heterocycles. The summed E-state index contributed by atoms with van der Waals surface area (Å²) in [6, 6.07) is 27.5. The van der Waals surface area contributed by atoms with E-state index in [-0.39, 0.29) is 23.0 Å². The van der Waals surface area contributed by atoms with Crippen LogP contribution in [0.2, 0.25) is 0 Å². The smallest absolute Gasteiger partial charge is 0.232 e. The van der Waals surface area contributed by atoms with Crippen molar-refractivity contribution < 1.29 is 4.79 Å². The van der Waals surface area contributed by atoms with E-state index in [1.165, 1.54) is 32.6 Å². The van der Waals surface area contributed by atoms with E-state index < -0.39 is 0 Å². The first-order valence-electron chi connectivity index (χ1n) is 10.3. The molecule has 148 valence electrons. The number of benzene rings is 3. The van der Waals surface area contributed by atoms with Crippen LogP contribution < -0.4 is 4.90 Å². The van der Waals surface area contributed by atoms with Crippen LogP contribution in [0.3, 0.4) is 0 Å². The Kier molecular flexibility index (Phi) is 3.87. The molecule has 0 radical (unpaired) electrons. The second-order valence-corrected chi connectivity index (χ2v) is 9.33. The molecule has 3 atom stereocenters. The monoisotopic (exact) mass is 410 g/mol. The van der Waals surface area contributed by atoms with Gasteiger partial charge in [-0.05, 0) is 23.3 Å². The maximum absolute atomic E-state index is 13.8. The van der Waals surface area contributed by atoms with Gasteiger partial charge in [0.05, 0.1) is 10.9 Å². The van der Waals surface area contributed by atoms with Crippen LogP contribution in [-0.2, 0) is 11.8 Å². The van der Waals surface area contributed by atoms with Gasteiger partial charge in [0.15, 0.2) is 0 Å². The fraction of sp³-hybridized carbons (Fsp3) is 0.192. The minimum absolute atomic E-state index is 0.0532. The molecule has 2 aliphatic heterocycles. The molecule has 3 aromatic carbocycles. The van der Waals surface area contributed by atoms with Crippen LogP contribution in [-0.4, -0.2) is 17.5 Å². The maximum atomic E-state index is 13.8. The molecule has 1 aromatic heterocycles. The SMILES string of the molecule is CN1C(=O)[C@@H]2[C@H](c3ccccc31)c1c(n(C)c3ccccc13)S[C@H]2c1ccccc1. The van der Waals surface area contributed by atoms with Crippen molar-refractivity contribution in [3.63, 3.8) is 0 Å². The summed E-state index contributed by atoms with van der Waals surface area (Å²) in [5, 5.41) is 2.62. The van der Waals surface area contributed by atoms with Gasteiger partial charge in [-0.15, -0.1) is 0 Å². The van der Waals surface area contributed by atoms with Crippen molar-refractivity contribution in [3.05, 3.63) is 95.6 Å². The van der Waals surface area contributed by atoms with Gasteiger partial charge < -0.3 is 9.47 Å². The molecule has 3 nitrogen and oxygen atoms in total. The number of hydrogen-bond donors (Lipinski definition) is 0. The fourth-order valence-electron chi connectivity index (χ4n) is 5.33. The molecule has 0 saturated carbocycles. The Hall–Kier alpha value is -2.98. The molecule has 0 spiro atoms. The van der Waals surface area contributed by atoms with Gasteiger partial charge in [0, 0.05) is 47.4 Å². The first-order valence-corrected chi connectivity index (χ1v) is 11.2. The van der Waals surface area contributed by atoms with Crippen LogP contribution in [0.5, 0.6) is 0 Å². The van der Waals surface area contributed by atoms with E-state index in [2.05, 4.69) is 78.3 Å². The van der Waals surface area contributed by atoms with E-state index in [4.69, 9.17) is 0 Å². The lowest BCUT2D eigenvalue weighted by Crippen LogP contribution is -2.44. The lowest BCUT2D eigenvalue weighted by atomic mass is 9.73. The molecule has 0 unspecified atom stereocenters.